The van der Waals surface area contributed by atoms with E-state index in [0.29, 0.717) is 18.9 Å². The average Bonchev–Trinajstić information content (AvgIpc) is 3.04. The predicted molar refractivity (Wildman–Crippen MR) is 110 cm³/mol. The van der Waals surface area contributed by atoms with Crippen molar-refractivity contribution in [1.82, 2.24) is 4.57 Å². The fraction of sp³-hybridized carbons (Fsp3) is 0.125. The Bertz CT molecular complexity index is 1090. The molecule has 4 rings (SSSR count). The molecule has 0 aliphatic heterocycles. The first-order chi connectivity index (χ1) is 13.7. The molecule has 4 heteroatoms. The standard InChI is InChI=1S/C24H21NO3/c1-18(26)28-24-16-25(15-19-8-4-2-5-9-19)23-13-12-21(14-22(23)24)27-17-20-10-6-3-7-11-20/h2-14,16H,15,17H2,1H3. The molecule has 0 unspecified atom stereocenters. The first kappa shape index (κ1) is 17.9. The molecular formula is C24H21NO3. The lowest BCUT2D eigenvalue weighted by atomic mass is 10.2. The van der Waals surface area contributed by atoms with Crippen LogP contribution in [0.3, 0.4) is 0 Å². The van der Waals surface area contributed by atoms with Gasteiger partial charge in [0.25, 0.3) is 0 Å². The fourth-order valence-electron chi connectivity index (χ4n) is 3.22. The van der Waals surface area contributed by atoms with Gasteiger partial charge in [0.15, 0.2) is 5.75 Å². The summed E-state index contributed by atoms with van der Waals surface area (Å²) >= 11 is 0. The molecule has 3 aromatic carbocycles. The second-order valence-electron chi connectivity index (χ2n) is 6.65. The average molecular weight is 371 g/mol. The SMILES string of the molecule is CC(=O)Oc1cn(Cc2ccccc2)c2ccc(OCc3ccccc3)cc12. The van der Waals surface area contributed by atoms with E-state index in [0.717, 1.165) is 22.2 Å². The molecule has 4 aromatic rings. The van der Waals surface area contributed by atoms with E-state index < -0.39 is 0 Å². The van der Waals surface area contributed by atoms with Crippen molar-refractivity contribution in [2.45, 2.75) is 20.1 Å². The first-order valence-electron chi connectivity index (χ1n) is 9.21. The minimum atomic E-state index is -0.339. The molecule has 4 nitrogen and oxygen atoms in total. The Morgan fingerprint density at radius 3 is 2.25 bits per heavy atom. The second-order valence-corrected chi connectivity index (χ2v) is 6.65. The van der Waals surface area contributed by atoms with E-state index in [2.05, 4.69) is 16.7 Å². The van der Waals surface area contributed by atoms with Crippen LogP contribution in [-0.4, -0.2) is 10.5 Å². The lowest BCUT2D eigenvalue weighted by Gasteiger charge is -2.08. The maximum absolute atomic E-state index is 11.6. The number of benzene rings is 3. The summed E-state index contributed by atoms with van der Waals surface area (Å²) in [4.78, 5) is 11.6. The molecule has 0 bridgehead atoms. The zero-order chi connectivity index (χ0) is 19.3. The minimum Gasteiger partial charge on any atom is -0.489 e. The van der Waals surface area contributed by atoms with Gasteiger partial charge in [0.2, 0.25) is 0 Å². The molecule has 0 atom stereocenters. The van der Waals surface area contributed by atoms with E-state index in [1.54, 1.807) is 0 Å². The maximum atomic E-state index is 11.6. The van der Waals surface area contributed by atoms with Crippen molar-refractivity contribution in [1.29, 1.82) is 0 Å². The van der Waals surface area contributed by atoms with Crippen LogP contribution in [0.4, 0.5) is 0 Å². The number of nitrogens with zero attached hydrogens (tertiary/aromatic N) is 1. The molecule has 0 aliphatic rings. The van der Waals surface area contributed by atoms with Crippen molar-refractivity contribution in [2.75, 3.05) is 0 Å². The van der Waals surface area contributed by atoms with Crippen LogP contribution in [0, 0.1) is 0 Å². The number of fused-ring (bicyclic) bond motifs is 1. The summed E-state index contributed by atoms with van der Waals surface area (Å²) in [5, 5.41) is 0.858. The van der Waals surface area contributed by atoms with Gasteiger partial charge < -0.3 is 14.0 Å². The molecule has 0 spiro atoms. The van der Waals surface area contributed by atoms with Gasteiger partial charge in [-0.1, -0.05) is 60.7 Å². The van der Waals surface area contributed by atoms with Gasteiger partial charge >= 0.3 is 5.97 Å². The van der Waals surface area contributed by atoms with Crippen molar-refractivity contribution < 1.29 is 14.3 Å². The van der Waals surface area contributed by atoms with E-state index in [1.165, 1.54) is 12.5 Å². The van der Waals surface area contributed by atoms with Crippen molar-refractivity contribution in [3.05, 3.63) is 96.2 Å². The van der Waals surface area contributed by atoms with Gasteiger partial charge in [0, 0.05) is 25.1 Å². The van der Waals surface area contributed by atoms with Crippen LogP contribution in [-0.2, 0) is 17.9 Å². The van der Waals surface area contributed by atoms with Crippen molar-refractivity contribution in [3.63, 3.8) is 0 Å². The quantitative estimate of drug-likeness (QED) is 0.438. The Balaban J connectivity index is 1.65. The lowest BCUT2D eigenvalue weighted by Crippen LogP contribution is -2.01. The first-order valence-corrected chi connectivity index (χ1v) is 9.21. The van der Waals surface area contributed by atoms with Crippen LogP contribution >= 0.6 is 0 Å². The normalized spacial score (nSPS) is 10.8. The Morgan fingerprint density at radius 1 is 0.893 bits per heavy atom. The van der Waals surface area contributed by atoms with Gasteiger partial charge in [-0.3, -0.25) is 4.79 Å². The number of ether oxygens (including phenoxy) is 2. The summed E-state index contributed by atoms with van der Waals surface area (Å²) < 4.78 is 13.5. The second kappa shape index (κ2) is 8.01. The molecule has 0 saturated carbocycles. The van der Waals surface area contributed by atoms with Crippen LogP contribution < -0.4 is 9.47 Å². The number of aromatic nitrogens is 1. The third-order valence-corrected chi connectivity index (χ3v) is 4.51. The predicted octanol–water partition coefficient (Wildman–Crippen LogP) is 5.19. The van der Waals surface area contributed by atoms with Crippen molar-refractivity contribution in [3.8, 4) is 11.5 Å². The molecule has 140 valence electrons. The van der Waals surface area contributed by atoms with Crippen LogP contribution in [0.25, 0.3) is 10.9 Å². The van der Waals surface area contributed by atoms with Gasteiger partial charge in [-0.05, 0) is 29.3 Å². The highest BCUT2D eigenvalue weighted by Gasteiger charge is 2.13. The Kier molecular flexibility index (Phi) is 5.11. The molecule has 28 heavy (non-hydrogen) atoms. The van der Waals surface area contributed by atoms with Crippen LogP contribution in [0.15, 0.2) is 85.1 Å². The Labute approximate surface area is 163 Å². The summed E-state index contributed by atoms with van der Waals surface area (Å²) in [6, 6.07) is 26.1. The van der Waals surface area contributed by atoms with Crippen molar-refractivity contribution >= 4 is 16.9 Å². The zero-order valence-corrected chi connectivity index (χ0v) is 15.7. The summed E-state index contributed by atoms with van der Waals surface area (Å²) in [7, 11) is 0. The summed E-state index contributed by atoms with van der Waals surface area (Å²) in [5.74, 6) is 0.945. The van der Waals surface area contributed by atoms with Gasteiger partial charge in [0.05, 0.1) is 5.52 Å². The van der Waals surface area contributed by atoms with E-state index in [-0.39, 0.29) is 5.97 Å². The molecule has 0 N–H and O–H groups in total. The Hall–Kier alpha value is -3.53. The fourth-order valence-corrected chi connectivity index (χ4v) is 3.22. The highest BCUT2D eigenvalue weighted by molar-refractivity contribution is 5.90. The van der Waals surface area contributed by atoms with Crippen molar-refractivity contribution in [2.24, 2.45) is 0 Å². The van der Waals surface area contributed by atoms with E-state index >= 15 is 0 Å². The monoisotopic (exact) mass is 371 g/mol. The molecule has 0 saturated heterocycles. The summed E-state index contributed by atoms with van der Waals surface area (Å²) in [6.07, 6.45) is 1.88. The number of rotatable bonds is 6. The van der Waals surface area contributed by atoms with Crippen LogP contribution in [0.1, 0.15) is 18.1 Å². The number of carbonyl (C=O) groups is 1. The Morgan fingerprint density at radius 2 is 1.57 bits per heavy atom. The molecule has 0 radical (unpaired) electrons. The molecule has 0 aliphatic carbocycles. The van der Waals surface area contributed by atoms with Crippen LogP contribution in [0.2, 0.25) is 0 Å². The third-order valence-electron chi connectivity index (χ3n) is 4.51. The van der Waals surface area contributed by atoms with Gasteiger partial charge in [-0.2, -0.15) is 0 Å². The molecule has 1 aromatic heterocycles. The number of esters is 1. The molecule has 1 heterocycles. The smallest absolute Gasteiger partial charge is 0.308 e. The largest absolute Gasteiger partial charge is 0.489 e. The summed E-state index contributed by atoms with van der Waals surface area (Å²) in [6.45, 7) is 2.60. The zero-order valence-electron chi connectivity index (χ0n) is 15.7. The highest BCUT2D eigenvalue weighted by atomic mass is 16.5. The van der Waals surface area contributed by atoms with E-state index in [9.17, 15) is 4.79 Å². The van der Waals surface area contributed by atoms with E-state index in [4.69, 9.17) is 9.47 Å². The highest BCUT2D eigenvalue weighted by Crippen LogP contribution is 2.32. The summed E-state index contributed by atoms with van der Waals surface area (Å²) in [5.41, 5.74) is 3.27. The maximum Gasteiger partial charge on any atom is 0.308 e. The number of hydrogen-bond acceptors (Lipinski definition) is 3. The number of carbonyl (C=O) groups excluding carboxylic acids is 1. The lowest BCUT2D eigenvalue weighted by molar-refractivity contribution is -0.131. The van der Waals surface area contributed by atoms with Gasteiger partial charge in [0.1, 0.15) is 12.4 Å². The third kappa shape index (κ3) is 4.07. The van der Waals surface area contributed by atoms with Crippen LogP contribution in [0.5, 0.6) is 11.5 Å². The van der Waals surface area contributed by atoms with Gasteiger partial charge in [-0.25, -0.2) is 0 Å². The topological polar surface area (TPSA) is 40.5 Å². The minimum absolute atomic E-state index is 0.339. The van der Waals surface area contributed by atoms with Gasteiger partial charge in [-0.15, -0.1) is 0 Å². The molecular weight excluding hydrogens is 350 g/mol. The van der Waals surface area contributed by atoms with E-state index in [1.807, 2.05) is 72.9 Å². The molecule has 0 amide bonds. The number of hydrogen-bond donors (Lipinski definition) is 0. The molecule has 0 fully saturated rings.